The largest absolute Gasteiger partial charge is 0.352 e. The number of rotatable bonds is 4. The van der Waals surface area contributed by atoms with Crippen LogP contribution in [0.2, 0.25) is 0 Å². The molecule has 1 aromatic carbocycles. The second-order valence-corrected chi connectivity index (χ2v) is 8.38. The first-order valence-corrected chi connectivity index (χ1v) is 11.1. The summed E-state index contributed by atoms with van der Waals surface area (Å²) < 4.78 is 0. The molecule has 1 fully saturated rings. The Labute approximate surface area is 181 Å². The van der Waals surface area contributed by atoms with E-state index in [0.29, 0.717) is 6.04 Å². The van der Waals surface area contributed by atoms with Crippen molar-refractivity contribution in [3.05, 3.63) is 66.1 Å². The molecule has 1 unspecified atom stereocenters. The van der Waals surface area contributed by atoms with Crippen LogP contribution in [-0.2, 0) is 12.8 Å². The summed E-state index contributed by atoms with van der Waals surface area (Å²) in [6.45, 7) is 1.93. The fourth-order valence-electron chi connectivity index (χ4n) is 4.96. The van der Waals surface area contributed by atoms with Gasteiger partial charge < -0.3 is 9.80 Å². The molecule has 31 heavy (non-hydrogen) atoms. The van der Waals surface area contributed by atoms with Crippen molar-refractivity contribution < 1.29 is 0 Å². The normalized spacial score (nSPS) is 18.5. The van der Waals surface area contributed by atoms with Crippen LogP contribution in [-0.4, -0.2) is 44.3 Å². The zero-order valence-electron chi connectivity index (χ0n) is 17.4. The minimum Gasteiger partial charge on any atom is -0.352 e. The van der Waals surface area contributed by atoms with E-state index in [9.17, 15) is 0 Å². The van der Waals surface area contributed by atoms with Gasteiger partial charge in [-0.2, -0.15) is 5.10 Å². The van der Waals surface area contributed by atoms with Gasteiger partial charge in [0, 0.05) is 25.3 Å². The van der Waals surface area contributed by atoms with Crippen molar-refractivity contribution >= 4 is 28.5 Å². The summed E-state index contributed by atoms with van der Waals surface area (Å²) in [6.07, 6.45) is 9.23. The SMILES string of the molecule is c1ccc(CC2CCCN2c2cnc3c(N4CCCc5ncccc54)n[nH]c3n2)cc1. The van der Waals surface area contributed by atoms with Crippen molar-refractivity contribution in [3.63, 3.8) is 0 Å². The van der Waals surface area contributed by atoms with Gasteiger partial charge >= 0.3 is 0 Å². The highest BCUT2D eigenvalue weighted by atomic mass is 15.3. The molecule has 6 rings (SSSR count). The lowest BCUT2D eigenvalue weighted by Crippen LogP contribution is -2.31. The molecule has 0 amide bonds. The number of pyridine rings is 1. The first-order chi connectivity index (χ1) is 15.4. The molecule has 0 radical (unpaired) electrons. The van der Waals surface area contributed by atoms with E-state index in [1.54, 1.807) is 0 Å². The quantitative estimate of drug-likeness (QED) is 0.546. The molecule has 2 aliphatic heterocycles. The fourth-order valence-corrected chi connectivity index (χ4v) is 4.96. The monoisotopic (exact) mass is 411 g/mol. The van der Waals surface area contributed by atoms with Crippen LogP contribution >= 0.6 is 0 Å². The summed E-state index contributed by atoms with van der Waals surface area (Å²) in [5.74, 6) is 1.77. The van der Waals surface area contributed by atoms with Crippen molar-refractivity contribution in [1.82, 2.24) is 25.1 Å². The van der Waals surface area contributed by atoms with Crippen LogP contribution in [0, 0.1) is 0 Å². The lowest BCUT2D eigenvalue weighted by atomic mass is 10.0. The zero-order chi connectivity index (χ0) is 20.6. The molecule has 7 heteroatoms. The summed E-state index contributed by atoms with van der Waals surface area (Å²) >= 11 is 0. The number of nitrogens with one attached hydrogen (secondary N) is 1. The van der Waals surface area contributed by atoms with Crippen LogP contribution in [0.3, 0.4) is 0 Å². The van der Waals surface area contributed by atoms with Crippen LogP contribution in [0.1, 0.15) is 30.5 Å². The standard InChI is InChI=1S/C24H25N7/c1-2-7-17(8-3-1)15-18-9-5-13-30(18)21-16-26-22-23(27-21)28-29-24(22)31-14-6-10-19-20(31)11-4-12-25-19/h1-4,7-8,11-12,16,18H,5-6,9-10,13-15H2,(H,27,28,29). The highest BCUT2D eigenvalue weighted by molar-refractivity contribution is 5.87. The molecule has 1 N–H and O–H groups in total. The van der Waals surface area contributed by atoms with Gasteiger partial charge in [-0.3, -0.25) is 10.1 Å². The lowest BCUT2D eigenvalue weighted by molar-refractivity contribution is 0.658. The Balaban J connectivity index is 1.30. The molecule has 1 atom stereocenters. The Morgan fingerprint density at radius 3 is 2.87 bits per heavy atom. The van der Waals surface area contributed by atoms with Crippen LogP contribution in [0.5, 0.6) is 0 Å². The predicted octanol–water partition coefficient (Wildman–Crippen LogP) is 4.04. The first kappa shape index (κ1) is 18.3. The minimum atomic E-state index is 0.455. The number of H-pyrrole nitrogens is 1. The molecule has 0 bridgehead atoms. The van der Waals surface area contributed by atoms with Gasteiger partial charge in [0.15, 0.2) is 17.0 Å². The average molecular weight is 412 g/mol. The van der Waals surface area contributed by atoms with Gasteiger partial charge in [0.05, 0.1) is 17.6 Å². The van der Waals surface area contributed by atoms with Crippen LogP contribution in [0.15, 0.2) is 54.9 Å². The number of aromatic nitrogens is 5. The Kier molecular flexibility index (Phi) is 4.52. The van der Waals surface area contributed by atoms with Gasteiger partial charge in [0.1, 0.15) is 5.82 Å². The maximum Gasteiger partial charge on any atom is 0.183 e. The number of benzene rings is 1. The number of hydrogen-bond donors (Lipinski definition) is 1. The lowest BCUT2D eigenvalue weighted by Gasteiger charge is -2.28. The molecule has 3 aromatic heterocycles. The van der Waals surface area contributed by atoms with E-state index in [1.165, 1.54) is 18.4 Å². The first-order valence-electron chi connectivity index (χ1n) is 11.1. The number of hydrogen-bond acceptors (Lipinski definition) is 6. The minimum absolute atomic E-state index is 0.455. The number of fused-ring (bicyclic) bond motifs is 2. The molecule has 7 nitrogen and oxygen atoms in total. The molecule has 156 valence electrons. The van der Waals surface area contributed by atoms with E-state index >= 15 is 0 Å². The molecule has 0 spiro atoms. The highest BCUT2D eigenvalue weighted by Gasteiger charge is 2.28. The molecular formula is C24H25N7. The zero-order valence-corrected chi connectivity index (χ0v) is 17.4. The highest BCUT2D eigenvalue weighted by Crippen LogP contribution is 2.35. The second-order valence-electron chi connectivity index (χ2n) is 8.38. The van der Waals surface area contributed by atoms with E-state index in [0.717, 1.165) is 66.5 Å². The third-order valence-corrected chi connectivity index (χ3v) is 6.43. The summed E-state index contributed by atoms with van der Waals surface area (Å²) in [7, 11) is 0. The van der Waals surface area contributed by atoms with Crippen molar-refractivity contribution in [2.45, 2.75) is 38.1 Å². The Morgan fingerprint density at radius 1 is 1.00 bits per heavy atom. The van der Waals surface area contributed by atoms with E-state index in [4.69, 9.17) is 9.97 Å². The van der Waals surface area contributed by atoms with E-state index in [1.807, 2.05) is 18.5 Å². The average Bonchev–Trinajstić information content (AvgIpc) is 3.46. The van der Waals surface area contributed by atoms with Gasteiger partial charge in [0.25, 0.3) is 0 Å². The molecule has 5 heterocycles. The van der Waals surface area contributed by atoms with Crippen molar-refractivity contribution in [2.24, 2.45) is 0 Å². The predicted molar refractivity (Wildman–Crippen MR) is 122 cm³/mol. The van der Waals surface area contributed by atoms with Gasteiger partial charge in [0.2, 0.25) is 0 Å². The molecule has 0 aliphatic carbocycles. The smallest absolute Gasteiger partial charge is 0.183 e. The van der Waals surface area contributed by atoms with Crippen molar-refractivity contribution in [2.75, 3.05) is 22.9 Å². The number of nitrogens with zero attached hydrogens (tertiary/aromatic N) is 6. The molecule has 4 aromatic rings. The Morgan fingerprint density at radius 2 is 1.94 bits per heavy atom. The summed E-state index contributed by atoms with van der Waals surface area (Å²) in [4.78, 5) is 18.9. The van der Waals surface area contributed by atoms with Crippen LogP contribution in [0.25, 0.3) is 11.2 Å². The van der Waals surface area contributed by atoms with Crippen molar-refractivity contribution in [3.8, 4) is 0 Å². The summed E-state index contributed by atoms with van der Waals surface area (Å²) in [6, 6.07) is 15.3. The topological polar surface area (TPSA) is 73.8 Å². The van der Waals surface area contributed by atoms with E-state index < -0.39 is 0 Å². The number of aryl methyl sites for hydroxylation is 1. The third kappa shape index (κ3) is 3.30. The van der Waals surface area contributed by atoms with Gasteiger partial charge in [-0.15, -0.1) is 0 Å². The summed E-state index contributed by atoms with van der Waals surface area (Å²) in [5.41, 5.74) is 5.17. The third-order valence-electron chi connectivity index (χ3n) is 6.43. The van der Waals surface area contributed by atoms with Gasteiger partial charge in [-0.05, 0) is 49.8 Å². The van der Waals surface area contributed by atoms with Crippen LogP contribution in [0.4, 0.5) is 17.3 Å². The van der Waals surface area contributed by atoms with Gasteiger partial charge in [-0.1, -0.05) is 30.3 Å². The maximum absolute atomic E-state index is 4.92. The molecule has 0 saturated carbocycles. The fraction of sp³-hybridized carbons (Fsp3) is 0.333. The molecule has 1 saturated heterocycles. The Bertz CT molecular complexity index is 1200. The summed E-state index contributed by atoms with van der Waals surface area (Å²) in [5, 5.41) is 7.73. The molecular weight excluding hydrogens is 386 g/mol. The van der Waals surface area contributed by atoms with Gasteiger partial charge in [-0.25, -0.2) is 9.97 Å². The maximum atomic E-state index is 4.92. The number of anilines is 3. The number of aromatic amines is 1. The Hall–Kier alpha value is -3.48. The van der Waals surface area contributed by atoms with E-state index in [-0.39, 0.29) is 0 Å². The van der Waals surface area contributed by atoms with Crippen molar-refractivity contribution in [1.29, 1.82) is 0 Å². The van der Waals surface area contributed by atoms with E-state index in [2.05, 4.69) is 61.4 Å². The molecule has 2 aliphatic rings. The second kappa shape index (κ2) is 7.65. The van der Waals surface area contributed by atoms with Crippen LogP contribution < -0.4 is 9.80 Å².